The molecule has 2 heterocycles. The summed E-state index contributed by atoms with van der Waals surface area (Å²) in [6, 6.07) is 3.04. The molecule has 0 spiro atoms. The van der Waals surface area contributed by atoms with Gasteiger partial charge in [0.1, 0.15) is 18.2 Å². The van der Waals surface area contributed by atoms with Crippen LogP contribution in [0.1, 0.15) is 27.6 Å². The van der Waals surface area contributed by atoms with Crippen molar-refractivity contribution >= 4 is 5.78 Å². The molecular weight excluding hydrogens is 221 g/mol. The highest BCUT2D eigenvalue weighted by atomic mass is 19.1. The van der Waals surface area contributed by atoms with Crippen LogP contribution >= 0.6 is 0 Å². The summed E-state index contributed by atoms with van der Waals surface area (Å²) >= 11 is 0. The molecule has 0 saturated carbocycles. The number of carbonyl (C=O) groups excluding carboxylic acids is 1. The van der Waals surface area contributed by atoms with Gasteiger partial charge >= 0.3 is 0 Å². The Hall–Kier alpha value is -2.04. The average Bonchev–Trinajstić information content (AvgIpc) is 2.69. The third kappa shape index (κ3) is 2.08. The second kappa shape index (κ2) is 4.45. The minimum absolute atomic E-state index is 0.176. The molecule has 0 aliphatic heterocycles. The van der Waals surface area contributed by atoms with Crippen molar-refractivity contribution in [3.63, 3.8) is 0 Å². The van der Waals surface area contributed by atoms with Crippen molar-refractivity contribution in [1.82, 2.24) is 14.5 Å². The monoisotopic (exact) mass is 233 g/mol. The van der Waals surface area contributed by atoms with Crippen molar-refractivity contribution in [1.29, 1.82) is 0 Å². The third-order valence-electron chi connectivity index (χ3n) is 2.67. The van der Waals surface area contributed by atoms with Gasteiger partial charge in [-0.1, -0.05) is 0 Å². The van der Waals surface area contributed by atoms with Crippen molar-refractivity contribution < 1.29 is 9.18 Å². The van der Waals surface area contributed by atoms with Gasteiger partial charge in [0, 0.05) is 18.8 Å². The van der Waals surface area contributed by atoms with Crippen LogP contribution in [0.3, 0.4) is 0 Å². The lowest BCUT2D eigenvalue weighted by Gasteiger charge is -2.03. The zero-order chi connectivity index (χ0) is 12.4. The Morgan fingerprint density at radius 2 is 2.24 bits per heavy atom. The van der Waals surface area contributed by atoms with Crippen molar-refractivity contribution in [3.05, 3.63) is 47.3 Å². The number of rotatable bonds is 3. The number of hydrogen-bond donors (Lipinski definition) is 0. The van der Waals surface area contributed by atoms with E-state index in [1.165, 1.54) is 18.5 Å². The Kier molecular flexibility index (Phi) is 2.99. The van der Waals surface area contributed by atoms with Gasteiger partial charge in [-0.15, -0.1) is 0 Å². The van der Waals surface area contributed by atoms with E-state index in [1.54, 1.807) is 17.7 Å². The number of aromatic nitrogens is 3. The lowest BCUT2D eigenvalue weighted by molar-refractivity contribution is 0.103. The molecule has 0 unspecified atom stereocenters. The zero-order valence-electron chi connectivity index (χ0n) is 9.64. The highest BCUT2D eigenvalue weighted by Gasteiger charge is 2.14. The maximum absolute atomic E-state index is 12.5. The summed E-state index contributed by atoms with van der Waals surface area (Å²) in [7, 11) is 1.77. The number of hydrogen-bond acceptors (Lipinski definition) is 3. The normalized spacial score (nSPS) is 10.5. The first-order valence-electron chi connectivity index (χ1n) is 5.17. The molecule has 0 bridgehead atoms. The number of aryl methyl sites for hydroxylation is 1. The van der Waals surface area contributed by atoms with Gasteiger partial charge < -0.3 is 4.57 Å². The van der Waals surface area contributed by atoms with Crippen LogP contribution in [0.4, 0.5) is 4.39 Å². The summed E-state index contributed by atoms with van der Waals surface area (Å²) in [6.45, 7) is 1.14. The van der Waals surface area contributed by atoms with E-state index >= 15 is 0 Å². The number of carbonyl (C=O) groups is 1. The van der Waals surface area contributed by atoms with Gasteiger partial charge in [0.25, 0.3) is 0 Å². The van der Waals surface area contributed by atoms with Crippen LogP contribution in [0.5, 0.6) is 0 Å². The minimum atomic E-state index is -0.675. The summed E-state index contributed by atoms with van der Waals surface area (Å²) in [5.74, 6) is 0.582. The molecule has 0 aliphatic rings. The molecule has 2 aromatic rings. The fourth-order valence-electron chi connectivity index (χ4n) is 1.55. The molecule has 0 N–H and O–H groups in total. The molecule has 2 rings (SSSR count). The number of ketones is 1. The van der Waals surface area contributed by atoms with Crippen molar-refractivity contribution in [2.45, 2.75) is 13.6 Å². The highest BCUT2D eigenvalue weighted by molar-refractivity contribution is 6.07. The zero-order valence-corrected chi connectivity index (χ0v) is 9.64. The number of imidazole rings is 1. The number of halogens is 1. The van der Waals surface area contributed by atoms with Gasteiger partial charge in [0.05, 0.1) is 11.9 Å². The van der Waals surface area contributed by atoms with Crippen molar-refractivity contribution in [2.24, 2.45) is 7.05 Å². The van der Waals surface area contributed by atoms with Gasteiger partial charge in [-0.2, -0.15) is 0 Å². The fraction of sp³-hybridized carbons (Fsp3) is 0.250. The van der Waals surface area contributed by atoms with E-state index in [4.69, 9.17) is 0 Å². The van der Waals surface area contributed by atoms with Crippen molar-refractivity contribution in [3.8, 4) is 0 Å². The molecule has 17 heavy (non-hydrogen) atoms. The van der Waals surface area contributed by atoms with Gasteiger partial charge in [0.15, 0.2) is 0 Å². The molecule has 0 amide bonds. The molecule has 88 valence electrons. The standard InChI is InChI=1S/C12H12FN3O/c1-8-15-7-11(16(8)2)12(17)9-3-4-14-10(5-9)6-13/h3-5,7H,6H2,1-2H3. The summed E-state index contributed by atoms with van der Waals surface area (Å²) in [5.41, 5.74) is 1.17. The Morgan fingerprint density at radius 1 is 1.47 bits per heavy atom. The average molecular weight is 233 g/mol. The summed E-state index contributed by atoms with van der Waals surface area (Å²) < 4.78 is 14.2. The first kappa shape index (κ1) is 11.4. The van der Waals surface area contributed by atoms with E-state index in [9.17, 15) is 9.18 Å². The van der Waals surface area contributed by atoms with Crippen molar-refractivity contribution in [2.75, 3.05) is 0 Å². The van der Waals surface area contributed by atoms with Gasteiger partial charge in [0.2, 0.25) is 5.78 Å². The third-order valence-corrected chi connectivity index (χ3v) is 2.67. The SMILES string of the molecule is Cc1ncc(C(=O)c2ccnc(CF)c2)n1C. The molecule has 0 fully saturated rings. The van der Waals surface area contributed by atoms with Crippen LogP contribution in [0.2, 0.25) is 0 Å². The fourth-order valence-corrected chi connectivity index (χ4v) is 1.55. The molecule has 4 nitrogen and oxygen atoms in total. The van der Waals surface area contributed by atoms with Crippen LogP contribution < -0.4 is 0 Å². The lowest BCUT2D eigenvalue weighted by Crippen LogP contribution is -2.08. The molecule has 2 aromatic heterocycles. The predicted octanol–water partition coefficient (Wildman–Crippen LogP) is 1.82. The predicted molar refractivity (Wildman–Crippen MR) is 60.4 cm³/mol. The molecular formula is C12H12FN3O. The minimum Gasteiger partial charge on any atom is -0.329 e. The van der Waals surface area contributed by atoms with E-state index in [0.717, 1.165) is 5.82 Å². The second-order valence-electron chi connectivity index (χ2n) is 3.75. The first-order chi connectivity index (χ1) is 8.13. The Balaban J connectivity index is 2.40. The van der Waals surface area contributed by atoms with Crippen LogP contribution in [0.25, 0.3) is 0 Å². The summed E-state index contributed by atoms with van der Waals surface area (Å²) in [6.07, 6.45) is 2.96. The number of pyridine rings is 1. The molecule has 0 saturated heterocycles. The summed E-state index contributed by atoms with van der Waals surface area (Å²) in [4.78, 5) is 20.0. The Bertz CT molecular complexity index is 563. The quantitative estimate of drug-likeness (QED) is 0.760. The highest BCUT2D eigenvalue weighted by Crippen LogP contribution is 2.11. The van der Waals surface area contributed by atoms with Crippen LogP contribution in [-0.4, -0.2) is 20.3 Å². The van der Waals surface area contributed by atoms with Gasteiger partial charge in [-0.25, -0.2) is 9.37 Å². The lowest BCUT2D eigenvalue weighted by atomic mass is 10.1. The molecule has 0 atom stereocenters. The van der Waals surface area contributed by atoms with E-state index < -0.39 is 6.67 Å². The molecule has 0 aromatic carbocycles. The maximum Gasteiger partial charge on any atom is 0.211 e. The smallest absolute Gasteiger partial charge is 0.211 e. The van der Waals surface area contributed by atoms with E-state index in [1.807, 2.05) is 6.92 Å². The van der Waals surface area contributed by atoms with Gasteiger partial charge in [-0.05, 0) is 19.1 Å². The molecule has 5 heteroatoms. The molecule has 0 radical (unpaired) electrons. The van der Waals surface area contributed by atoms with E-state index in [-0.39, 0.29) is 11.5 Å². The van der Waals surface area contributed by atoms with E-state index in [0.29, 0.717) is 11.3 Å². The van der Waals surface area contributed by atoms with Gasteiger partial charge in [-0.3, -0.25) is 9.78 Å². The first-order valence-corrected chi connectivity index (χ1v) is 5.17. The second-order valence-corrected chi connectivity index (χ2v) is 3.75. The topological polar surface area (TPSA) is 47.8 Å². The number of alkyl halides is 1. The largest absolute Gasteiger partial charge is 0.329 e. The van der Waals surface area contributed by atoms with Crippen LogP contribution in [0.15, 0.2) is 24.5 Å². The summed E-state index contributed by atoms with van der Waals surface area (Å²) in [5, 5.41) is 0. The Labute approximate surface area is 98.1 Å². The Morgan fingerprint density at radius 3 is 2.82 bits per heavy atom. The van der Waals surface area contributed by atoms with Crippen LogP contribution in [-0.2, 0) is 13.7 Å². The van der Waals surface area contributed by atoms with Crippen LogP contribution in [0, 0.1) is 6.92 Å². The number of nitrogens with zero attached hydrogens (tertiary/aromatic N) is 3. The van der Waals surface area contributed by atoms with E-state index in [2.05, 4.69) is 9.97 Å². The molecule has 0 aliphatic carbocycles. The maximum atomic E-state index is 12.5.